The van der Waals surface area contributed by atoms with Crippen molar-refractivity contribution in [2.24, 2.45) is 0 Å². The summed E-state index contributed by atoms with van der Waals surface area (Å²) >= 11 is 12.8. The van der Waals surface area contributed by atoms with Gasteiger partial charge in [-0.25, -0.2) is 0 Å². The summed E-state index contributed by atoms with van der Waals surface area (Å²) in [5.41, 5.74) is 4.27. The lowest BCUT2D eigenvalue weighted by Gasteiger charge is -2.14. The maximum Gasteiger partial charge on any atom is 0.163 e. The van der Waals surface area contributed by atoms with Gasteiger partial charge in [0.15, 0.2) is 11.5 Å². The molecule has 0 aliphatic rings. The van der Waals surface area contributed by atoms with Gasteiger partial charge in [0.1, 0.15) is 23.7 Å². The van der Waals surface area contributed by atoms with Crippen LogP contribution in [0.15, 0.2) is 34.1 Å². The minimum absolute atomic E-state index is 0.659. The van der Waals surface area contributed by atoms with Gasteiger partial charge in [0.05, 0.1) is 9.79 Å². The van der Waals surface area contributed by atoms with Crippen molar-refractivity contribution in [3.8, 4) is 11.5 Å². The predicted octanol–water partition coefficient (Wildman–Crippen LogP) is 6.14. The summed E-state index contributed by atoms with van der Waals surface area (Å²) in [5, 5.41) is 0. The average Bonchev–Trinajstić information content (AvgIpc) is 2.37. The number of aryl methyl sites for hydroxylation is 4. The molecule has 0 amide bonds. The second-order valence-corrected chi connectivity index (χ2v) is 6.47. The molecule has 0 spiro atoms. The van der Waals surface area contributed by atoms with Gasteiger partial charge in [-0.2, -0.15) is 0 Å². The monoisotopic (exact) mass is 342 g/mol. The molecule has 0 aliphatic heterocycles. The lowest BCUT2D eigenvalue weighted by Crippen LogP contribution is -1.91. The third kappa shape index (κ3) is 3.60. The molecule has 2 aromatic carbocycles. The fourth-order valence-electron chi connectivity index (χ4n) is 2.30. The van der Waals surface area contributed by atoms with E-state index in [0.717, 1.165) is 32.0 Å². The molecule has 112 valence electrons. The highest BCUT2D eigenvalue weighted by Gasteiger charge is 2.15. The van der Waals surface area contributed by atoms with Gasteiger partial charge in [-0.3, -0.25) is 0 Å². The highest BCUT2D eigenvalue weighted by atomic mass is 35.5. The van der Waals surface area contributed by atoms with E-state index in [9.17, 15) is 0 Å². The van der Waals surface area contributed by atoms with Crippen LogP contribution in [0.3, 0.4) is 0 Å². The van der Waals surface area contributed by atoms with Crippen LogP contribution < -0.4 is 8.58 Å². The van der Waals surface area contributed by atoms with Crippen molar-refractivity contribution in [3.05, 3.63) is 46.5 Å². The Morgan fingerprint density at radius 1 is 0.714 bits per heavy atom. The van der Waals surface area contributed by atoms with E-state index in [2.05, 4.69) is 0 Å². The Morgan fingerprint density at radius 2 is 1.10 bits per heavy atom. The molecule has 2 nitrogen and oxygen atoms in total. The van der Waals surface area contributed by atoms with Gasteiger partial charge in [0, 0.05) is 0 Å². The zero-order chi connectivity index (χ0) is 15.6. The van der Waals surface area contributed by atoms with E-state index in [4.69, 9.17) is 32.3 Å². The third-order valence-electron chi connectivity index (χ3n) is 3.14. The quantitative estimate of drug-likeness (QED) is 0.665. The normalized spacial score (nSPS) is 10.6. The molecule has 0 radical (unpaired) electrons. The molecule has 0 saturated carbocycles. The van der Waals surface area contributed by atoms with Crippen LogP contribution in [0.5, 0.6) is 11.5 Å². The summed E-state index contributed by atoms with van der Waals surface area (Å²) in [7, 11) is 0. The molecule has 0 atom stereocenters. The van der Waals surface area contributed by atoms with Crippen LogP contribution in [0, 0.1) is 27.7 Å². The second-order valence-electron chi connectivity index (χ2n) is 5.07. The Balaban J connectivity index is 2.52. The van der Waals surface area contributed by atoms with Gasteiger partial charge in [-0.05, 0) is 62.1 Å². The summed E-state index contributed by atoms with van der Waals surface area (Å²) in [6, 6.07) is 8.13. The lowest BCUT2D eigenvalue weighted by molar-refractivity contribution is 0.592. The van der Waals surface area contributed by atoms with Crippen LogP contribution in [0.25, 0.3) is 0 Å². The average molecular weight is 343 g/mol. The van der Waals surface area contributed by atoms with Crippen LogP contribution in [0.2, 0.25) is 0 Å². The zero-order valence-electron chi connectivity index (χ0n) is 12.3. The van der Waals surface area contributed by atoms with Gasteiger partial charge < -0.3 is 8.58 Å². The van der Waals surface area contributed by atoms with Gasteiger partial charge in [-0.15, -0.1) is 0 Å². The zero-order valence-corrected chi connectivity index (χ0v) is 14.6. The van der Waals surface area contributed by atoms with Crippen LogP contribution in [0.4, 0.5) is 0 Å². The summed E-state index contributed by atoms with van der Waals surface area (Å²) < 4.78 is 10.0. The van der Waals surface area contributed by atoms with E-state index < -0.39 is 0 Å². The van der Waals surface area contributed by atoms with Crippen LogP contribution in [-0.2, 0) is 0 Å². The summed E-state index contributed by atoms with van der Waals surface area (Å²) in [4.78, 5) is 1.87. The van der Waals surface area contributed by atoms with Crippen LogP contribution >= 0.6 is 35.5 Å². The topological polar surface area (TPSA) is 18.5 Å². The Hall–Kier alpha value is -1.03. The molecule has 2 rings (SSSR count). The molecule has 0 fully saturated rings. The largest absolute Gasteiger partial charge is 0.384 e. The van der Waals surface area contributed by atoms with Crippen molar-refractivity contribution < 1.29 is 8.58 Å². The Bertz CT molecular complexity index is 614. The van der Waals surface area contributed by atoms with Crippen molar-refractivity contribution in [3.63, 3.8) is 0 Å². The lowest BCUT2D eigenvalue weighted by atomic mass is 10.1. The van der Waals surface area contributed by atoms with Gasteiger partial charge >= 0.3 is 0 Å². The molecule has 0 unspecified atom stereocenters. The first-order chi connectivity index (χ1) is 9.96. The minimum atomic E-state index is 0.659. The molecule has 0 N–H and O–H groups in total. The van der Waals surface area contributed by atoms with Crippen molar-refractivity contribution in [1.29, 1.82) is 0 Å². The molecule has 0 saturated heterocycles. The first-order valence-electron chi connectivity index (χ1n) is 6.43. The molecular weight excluding hydrogens is 327 g/mol. The van der Waals surface area contributed by atoms with Crippen molar-refractivity contribution >= 4 is 35.5 Å². The van der Waals surface area contributed by atoms with Gasteiger partial charge in [-0.1, -0.05) is 23.9 Å². The van der Waals surface area contributed by atoms with Crippen molar-refractivity contribution in [2.75, 3.05) is 0 Å². The maximum absolute atomic E-state index is 5.62. The first-order valence-corrected chi connectivity index (χ1v) is 7.87. The molecule has 2 aromatic rings. The van der Waals surface area contributed by atoms with E-state index in [0.29, 0.717) is 11.5 Å². The fourth-order valence-corrected chi connectivity index (χ4v) is 4.12. The van der Waals surface area contributed by atoms with Crippen LogP contribution in [-0.4, -0.2) is 0 Å². The summed E-state index contributed by atoms with van der Waals surface area (Å²) in [6.07, 6.45) is 0. The molecule has 0 aromatic heterocycles. The van der Waals surface area contributed by atoms with Gasteiger partial charge in [0.25, 0.3) is 0 Å². The van der Waals surface area contributed by atoms with Crippen molar-refractivity contribution in [1.82, 2.24) is 0 Å². The van der Waals surface area contributed by atoms with Crippen molar-refractivity contribution in [2.45, 2.75) is 37.5 Å². The number of rotatable bonds is 4. The number of hydrogen-bond acceptors (Lipinski definition) is 3. The number of hydrogen-bond donors (Lipinski definition) is 0. The highest BCUT2D eigenvalue weighted by Crippen LogP contribution is 2.43. The summed E-state index contributed by atoms with van der Waals surface area (Å²) in [5.74, 6) is 1.32. The Morgan fingerprint density at radius 3 is 1.43 bits per heavy atom. The van der Waals surface area contributed by atoms with Crippen LogP contribution in [0.1, 0.15) is 22.3 Å². The first kappa shape index (κ1) is 16.3. The SMILES string of the molecule is Cc1cc(C)c(OCl)c(Sc2cc(C)cc(C)c2OCl)c1. The van der Waals surface area contributed by atoms with E-state index >= 15 is 0 Å². The fraction of sp³-hybridized carbons (Fsp3) is 0.250. The van der Waals surface area contributed by atoms with E-state index in [1.54, 1.807) is 0 Å². The molecule has 5 heteroatoms. The van der Waals surface area contributed by atoms with E-state index in [1.165, 1.54) is 11.8 Å². The van der Waals surface area contributed by atoms with Gasteiger partial charge in [0.2, 0.25) is 0 Å². The molecule has 0 aliphatic carbocycles. The highest BCUT2D eigenvalue weighted by molar-refractivity contribution is 7.99. The molecule has 21 heavy (non-hydrogen) atoms. The number of benzene rings is 2. The minimum Gasteiger partial charge on any atom is -0.384 e. The number of halogens is 2. The predicted molar refractivity (Wildman–Crippen MR) is 88.9 cm³/mol. The van der Waals surface area contributed by atoms with E-state index in [1.807, 2.05) is 52.0 Å². The molecular formula is C16H16Cl2O2S. The smallest absolute Gasteiger partial charge is 0.163 e. The summed E-state index contributed by atoms with van der Waals surface area (Å²) in [6.45, 7) is 8.01. The Kier molecular flexibility index (Phi) is 5.31. The second kappa shape index (κ2) is 6.82. The Labute approximate surface area is 139 Å². The molecule has 0 heterocycles. The maximum atomic E-state index is 5.62. The standard InChI is InChI=1S/C16H16Cl2O2S/c1-9-5-11(3)15(19-17)13(7-9)21-14-8-10(2)6-12(4)16(14)20-18/h5-8H,1-4H3. The molecule has 0 bridgehead atoms. The van der Waals surface area contributed by atoms with E-state index in [-0.39, 0.29) is 0 Å². The third-order valence-corrected chi connectivity index (χ3v) is 4.50.